The number of hydrogen-bond donors (Lipinski definition) is 1. The summed E-state index contributed by atoms with van der Waals surface area (Å²) < 4.78 is 7.24. The summed E-state index contributed by atoms with van der Waals surface area (Å²) in [5, 5.41) is 13.6. The van der Waals surface area contributed by atoms with Crippen LogP contribution in [0.3, 0.4) is 0 Å². The maximum absolute atomic E-state index is 9.37. The molecule has 1 aliphatic rings. The monoisotopic (exact) mass is 210 g/mol. The van der Waals surface area contributed by atoms with E-state index in [0.717, 1.165) is 38.2 Å². The Kier molecular flexibility index (Phi) is 3.38. The molecule has 4 heteroatoms. The van der Waals surface area contributed by atoms with Gasteiger partial charge in [0.15, 0.2) is 0 Å². The van der Waals surface area contributed by atoms with Crippen molar-refractivity contribution in [2.75, 3.05) is 13.2 Å². The number of aliphatic hydroxyl groups excluding tert-OH is 1. The molecule has 1 unspecified atom stereocenters. The highest BCUT2D eigenvalue weighted by Gasteiger charge is 2.15. The van der Waals surface area contributed by atoms with Gasteiger partial charge >= 0.3 is 0 Å². The van der Waals surface area contributed by atoms with Crippen LogP contribution in [0, 0.1) is 5.92 Å². The van der Waals surface area contributed by atoms with Crippen LogP contribution < -0.4 is 0 Å². The van der Waals surface area contributed by atoms with Gasteiger partial charge in [0, 0.05) is 31.5 Å². The zero-order valence-corrected chi connectivity index (χ0v) is 9.09. The van der Waals surface area contributed by atoms with Crippen LogP contribution >= 0.6 is 0 Å². The van der Waals surface area contributed by atoms with Crippen molar-refractivity contribution in [3.05, 3.63) is 18.0 Å². The van der Waals surface area contributed by atoms with Crippen LogP contribution in [-0.4, -0.2) is 28.1 Å². The van der Waals surface area contributed by atoms with Crippen molar-refractivity contribution in [2.24, 2.45) is 5.92 Å². The molecule has 15 heavy (non-hydrogen) atoms. The van der Waals surface area contributed by atoms with Crippen LogP contribution in [0.4, 0.5) is 0 Å². The molecule has 0 amide bonds. The van der Waals surface area contributed by atoms with E-state index >= 15 is 0 Å². The number of rotatable bonds is 3. The molecule has 0 saturated carbocycles. The van der Waals surface area contributed by atoms with Gasteiger partial charge in [0.1, 0.15) is 0 Å². The Morgan fingerprint density at radius 1 is 1.60 bits per heavy atom. The standard InChI is InChI=1S/C11H18N2O2/c1-9(14)11-6-12-13(8-11)7-10-2-4-15-5-3-10/h6,8-10,14H,2-5,7H2,1H3. The Hall–Kier alpha value is -0.870. The molecule has 0 aliphatic carbocycles. The number of ether oxygens (including phenoxy) is 1. The summed E-state index contributed by atoms with van der Waals surface area (Å²) in [6.07, 6.45) is 5.48. The molecule has 2 rings (SSSR count). The first-order valence-electron chi connectivity index (χ1n) is 5.54. The Balaban J connectivity index is 1.91. The summed E-state index contributed by atoms with van der Waals surface area (Å²) in [5.41, 5.74) is 0.891. The van der Waals surface area contributed by atoms with Gasteiger partial charge in [-0.3, -0.25) is 4.68 Å². The normalized spacial score (nSPS) is 20.4. The van der Waals surface area contributed by atoms with E-state index in [-0.39, 0.29) is 0 Å². The summed E-state index contributed by atoms with van der Waals surface area (Å²) in [7, 11) is 0. The third-order valence-electron chi connectivity index (χ3n) is 2.92. The molecule has 1 atom stereocenters. The van der Waals surface area contributed by atoms with Gasteiger partial charge in [0.05, 0.1) is 12.3 Å². The summed E-state index contributed by atoms with van der Waals surface area (Å²) in [4.78, 5) is 0. The molecule has 1 aromatic heterocycles. The van der Waals surface area contributed by atoms with Gasteiger partial charge in [-0.15, -0.1) is 0 Å². The average molecular weight is 210 g/mol. The highest BCUT2D eigenvalue weighted by molar-refractivity contribution is 5.06. The van der Waals surface area contributed by atoms with Gasteiger partial charge in [-0.1, -0.05) is 0 Å². The zero-order valence-electron chi connectivity index (χ0n) is 9.09. The first-order chi connectivity index (χ1) is 7.25. The van der Waals surface area contributed by atoms with Gasteiger partial charge in [0.2, 0.25) is 0 Å². The second-order valence-corrected chi connectivity index (χ2v) is 4.23. The molecule has 0 bridgehead atoms. The fraction of sp³-hybridized carbons (Fsp3) is 0.727. The topological polar surface area (TPSA) is 47.3 Å². The fourth-order valence-corrected chi connectivity index (χ4v) is 1.89. The molecule has 0 spiro atoms. The van der Waals surface area contributed by atoms with E-state index < -0.39 is 6.10 Å². The molecule has 0 radical (unpaired) electrons. The van der Waals surface area contributed by atoms with E-state index in [1.54, 1.807) is 13.1 Å². The molecule has 2 heterocycles. The molecule has 1 aliphatic heterocycles. The minimum atomic E-state index is -0.423. The third-order valence-corrected chi connectivity index (χ3v) is 2.92. The van der Waals surface area contributed by atoms with Gasteiger partial charge in [-0.05, 0) is 25.7 Å². The lowest BCUT2D eigenvalue weighted by Gasteiger charge is -2.21. The van der Waals surface area contributed by atoms with E-state index in [9.17, 15) is 5.11 Å². The predicted molar refractivity (Wildman–Crippen MR) is 56.4 cm³/mol. The first-order valence-corrected chi connectivity index (χ1v) is 5.54. The number of hydrogen-bond acceptors (Lipinski definition) is 3. The van der Waals surface area contributed by atoms with Gasteiger partial charge in [-0.2, -0.15) is 5.10 Å². The SMILES string of the molecule is CC(O)c1cnn(CC2CCOCC2)c1. The number of aromatic nitrogens is 2. The van der Waals surface area contributed by atoms with Crippen LogP contribution in [0.15, 0.2) is 12.4 Å². The maximum atomic E-state index is 9.37. The largest absolute Gasteiger partial charge is 0.389 e. The van der Waals surface area contributed by atoms with Crippen LogP contribution in [0.2, 0.25) is 0 Å². The predicted octanol–water partition coefficient (Wildman–Crippen LogP) is 1.36. The minimum Gasteiger partial charge on any atom is -0.389 e. The van der Waals surface area contributed by atoms with Crippen LogP contribution in [0.1, 0.15) is 31.4 Å². The van der Waals surface area contributed by atoms with Crippen molar-refractivity contribution in [3.63, 3.8) is 0 Å². The Bertz CT molecular complexity index is 303. The van der Waals surface area contributed by atoms with Crippen LogP contribution in [0.25, 0.3) is 0 Å². The van der Waals surface area contributed by atoms with Crippen molar-refractivity contribution in [1.82, 2.24) is 9.78 Å². The van der Waals surface area contributed by atoms with Crippen molar-refractivity contribution in [3.8, 4) is 0 Å². The minimum absolute atomic E-state index is 0.423. The quantitative estimate of drug-likeness (QED) is 0.819. The average Bonchev–Trinajstić information content (AvgIpc) is 2.68. The van der Waals surface area contributed by atoms with Crippen molar-refractivity contribution in [1.29, 1.82) is 0 Å². The Morgan fingerprint density at radius 3 is 2.93 bits per heavy atom. The molecule has 1 aromatic rings. The van der Waals surface area contributed by atoms with E-state index in [2.05, 4.69) is 5.10 Å². The maximum Gasteiger partial charge on any atom is 0.0792 e. The molecule has 1 saturated heterocycles. The molecular formula is C11H18N2O2. The van der Waals surface area contributed by atoms with E-state index in [1.165, 1.54) is 0 Å². The number of nitrogens with zero attached hydrogens (tertiary/aromatic N) is 2. The zero-order chi connectivity index (χ0) is 10.7. The lowest BCUT2D eigenvalue weighted by molar-refractivity contribution is 0.0601. The molecular weight excluding hydrogens is 192 g/mol. The Morgan fingerprint density at radius 2 is 2.33 bits per heavy atom. The summed E-state index contributed by atoms with van der Waals surface area (Å²) >= 11 is 0. The van der Waals surface area contributed by atoms with Crippen LogP contribution in [-0.2, 0) is 11.3 Å². The van der Waals surface area contributed by atoms with Crippen molar-refractivity contribution >= 4 is 0 Å². The van der Waals surface area contributed by atoms with Gasteiger partial charge in [-0.25, -0.2) is 0 Å². The highest BCUT2D eigenvalue weighted by atomic mass is 16.5. The van der Waals surface area contributed by atoms with Crippen molar-refractivity contribution < 1.29 is 9.84 Å². The molecule has 1 fully saturated rings. The summed E-state index contributed by atoms with van der Waals surface area (Å²) in [5.74, 6) is 0.667. The summed E-state index contributed by atoms with van der Waals surface area (Å²) in [6, 6.07) is 0. The highest BCUT2D eigenvalue weighted by Crippen LogP contribution is 2.17. The van der Waals surface area contributed by atoms with Crippen molar-refractivity contribution in [2.45, 2.75) is 32.4 Å². The van der Waals surface area contributed by atoms with Gasteiger partial charge in [0.25, 0.3) is 0 Å². The lowest BCUT2D eigenvalue weighted by Crippen LogP contribution is -2.20. The molecule has 1 N–H and O–H groups in total. The lowest BCUT2D eigenvalue weighted by atomic mass is 10.0. The third kappa shape index (κ3) is 2.79. The molecule has 4 nitrogen and oxygen atoms in total. The van der Waals surface area contributed by atoms with E-state index in [1.807, 2.05) is 10.9 Å². The summed E-state index contributed by atoms with van der Waals surface area (Å²) in [6.45, 7) is 4.44. The fourth-order valence-electron chi connectivity index (χ4n) is 1.89. The Labute approximate surface area is 89.9 Å². The van der Waals surface area contributed by atoms with Gasteiger partial charge < -0.3 is 9.84 Å². The molecule has 0 aromatic carbocycles. The first kappa shape index (κ1) is 10.6. The second-order valence-electron chi connectivity index (χ2n) is 4.23. The molecule has 84 valence electrons. The van der Waals surface area contributed by atoms with E-state index in [0.29, 0.717) is 5.92 Å². The van der Waals surface area contributed by atoms with E-state index in [4.69, 9.17) is 4.74 Å². The smallest absolute Gasteiger partial charge is 0.0792 e. The van der Waals surface area contributed by atoms with Crippen LogP contribution in [0.5, 0.6) is 0 Å². The number of aliphatic hydroxyl groups is 1. The second kappa shape index (κ2) is 4.77.